The maximum Gasteiger partial charge on any atom is 0.226 e. The van der Waals surface area contributed by atoms with Gasteiger partial charge in [-0.2, -0.15) is 0 Å². The van der Waals surface area contributed by atoms with Crippen molar-refractivity contribution in [3.8, 4) is 11.3 Å². The van der Waals surface area contributed by atoms with Crippen molar-refractivity contribution >= 4 is 40.5 Å². The Kier molecular flexibility index (Phi) is 7.49. The first-order valence-electron chi connectivity index (χ1n) is 12.5. The highest BCUT2D eigenvalue weighted by molar-refractivity contribution is 7.80. The number of nitrogens with one attached hydrogen (secondary N) is 2. The molecule has 0 saturated carbocycles. The molecule has 5 rings (SSSR count). The van der Waals surface area contributed by atoms with Crippen molar-refractivity contribution in [2.75, 3.05) is 11.9 Å². The first kappa shape index (κ1) is 25.9. The van der Waals surface area contributed by atoms with Gasteiger partial charge in [0.2, 0.25) is 5.91 Å². The molecule has 194 valence electrons. The lowest BCUT2D eigenvalue weighted by Crippen LogP contribution is -2.32. The van der Waals surface area contributed by atoms with Gasteiger partial charge in [-0.25, -0.2) is 0 Å². The number of carbonyl (C=O) groups excluding carboxylic acids is 1. The topological polar surface area (TPSA) is 70.4 Å². The number of hydrogen-bond donors (Lipinski definition) is 2. The highest BCUT2D eigenvalue weighted by atomic mass is 35.5. The van der Waals surface area contributed by atoms with E-state index in [0.717, 1.165) is 45.2 Å². The molecule has 1 aliphatic heterocycles. The zero-order chi connectivity index (χ0) is 26.8. The van der Waals surface area contributed by atoms with E-state index >= 15 is 0 Å². The fourth-order valence-electron chi connectivity index (χ4n) is 4.78. The number of halogens is 1. The van der Waals surface area contributed by atoms with Gasteiger partial charge in [0.25, 0.3) is 0 Å². The van der Waals surface area contributed by atoms with Crippen LogP contribution in [-0.4, -0.2) is 27.4 Å². The predicted molar refractivity (Wildman–Crippen MR) is 155 cm³/mol. The van der Waals surface area contributed by atoms with Crippen LogP contribution in [0, 0.1) is 20.8 Å². The zero-order valence-electron chi connectivity index (χ0n) is 21.5. The molecule has 6 nitrogen and oxygen atoms in total. The second-order valence-electron chi connectivity index (χ2n) is 9.60. The first-order chi connectivity index (χ1) is 18.3. The van der Waals surface area contributed by atoms with Crippen molar-refractivity contribution in [1.82, 2.24) is 15.2 Å². The van der Waals surface area contributed by atoms with Gasteiger partial charge in [0.15, 0.2) is 5.11 Å². The monoisotopic (exact) mass is 544 g/mol. The van der Waals surface area contributed by atoms with Crippen molar-refractivity contribution in [1.29, 1.82) is 0 Å². The van der Waals surface area contributed by atoms with Gasteiger partial charge in [-0.15, -0.1) is 0 Å². The van der Waals surface area contributed by atoms with Crippen LogP contribution in [-0.2, 0) is 4.79 Å². The van der Waals surface area contributed by atoms with Crippen LogP contribution in [0.4, 0.5) is 5.69 Å². The lowest BCUT2D eigenvalue weighted by atomic mass is 10.0. The Bertz CT molecular complexity index is 1490. The van der Waals surface area contributed by atoms with Crippen LogP contribution in [0.1, 0.15) is 46.6 Å². The summed E-state index contributed by atoms with van der Waals surface area (Å²) in [5, 5.41) is 7.66. The van der Waals surface area contributed by atoms with E-state index in [4.69, 9.17) is 28.2 Å². The second kappa shape index (κ2) is 11.0. The van der Waals surface area contributed by atoms with E-state index in [9.17, 15) is 4.79 Å². The number of anilines is 1. The zero-order valence-corrected chi connectivity index (χ0v) is 23.1. The van der Waals surface area contributed by atoms with Crippen molar-refractivity contribution < 1.29 is 9.21 Å². The minimum Gasteiger partial charge on any atom is -0.459 e. The number of pyridine rings is 1. The van der Waals surface area contributed by atoms with Crippen LogP contribution in [0.5, 0.6) is 0 Å². The standard InChI is InChI=1S/C30H29ClN4O2S/c1-18-7-8-20(3)24(16-18)33-27(36)13-15-35-29(28(34-30(35)38)23-6-4-5-14-32-23)26-12-11-25(37-26)22-17-21(31)10-9-19(22)2/h4-12,14,16-17,28-29H,13,15H2,1-3H3,(H,33,36)(H,34,38)/t28-,29-/m0/s1. The third kappa shape index (κ3) is 5.44. The average Bonchev–Trinajstić information content (AvgIpc) is 3.51. The molecule has 8 heteroatoms. The highest BCUT2D eigenvalue weighted by Crippen LogP contribution is 2.41. The summed E-state index contributed by atoms with van der Waals surface area (Å²) in [6, 6.07) is 21.0. The van der Waals surface area contributed by atoms with Gasteiger partial charge in [-0.05, 0) is 92.1 Å². The van der Waals surface area contributed by atoms with Crippen molar-refractivity contribution in [2.45, 2.75) is 39.3 Å². The number of carbonyl (C=O) groups is 1. The van der Waals surface area contributed by atoms with E-state index < -0.39 is 0 Å². The number of thiocarbonyl (C=S) groups is 1. The molecule has 2 aromatic heterocycles. The molecule has 4 aromatic rings. The second-order valence-corrected chi connectivity index (χ2v) is 10.4. The summed E-state index contributed by atoms with van der Waals surface area (Å²) < 4.78 is 6.42. The number of hydrogen-bond acceptors (Lipinski definition) is 4. The maximum absolute atomic E-state index is 12.9. The molecule has 38 heavy (non-hydrogen) atoms. The van der Waals surface area contributed by atoms with Gasteiger partial charge in [0.1, 0.15) is 17.6 Å². The quantitative estimate of drug-likeness (QED) is 0.246. The van der Waals surface area contributed by atoms with E-state index in [-0.39, 0.29) is 24.4 Å². The van der Waals surface area contributed by atoms with Crippen molar-refractivity contribution in [2.24, 2.45) is 0 Å². The molecule has 0 unspecified atom stereocenters. The number of aromatic nitrogens is 1. The molecule has 0 bridgehead atoms. The normalized spacial score (nSPS) is 16.9. The van der Waals surface area contributed by atoms with Gasteiger partial charge in [-0.3, -0.25) is 9.78 Å². The Labute approximate surface area is 233 Å². The van der Waals surface area contributed by atoms with E-state index in [1.807, 2.05) is 92.4 Å². The van der Waals surface area contributed by atoms with E-state index in [0.29, 0.717) is 16.7 Å². The van der Waals surface area contributed by atoms with Gasteiger partial charge in [0.05, 0.1) is 11.7 Å². The first-order valence-corrected chi connectivity index (χ1v) is 13.3. The summed E-state index contributed by atoms with van der Waals surface area (Å²) in [6.45, 7) is 6.44. The molecule has 2 atom stereocenters. The molecule has 1 fully saturated rings. The van der Waals surface area contributed by atoms with E-state index in [1.54, 1.807) is 6.20 Å². The fraction of sp³-hybridized carbons (Fsp3) is 0.233. The third-order valence-electron chi connectivity index (χ3n) is 6.83. The summed E-state index contributed by atoms with van der Waals surface area (Å²) >= 11 is 12.0. The van der Waals surface area contributed by atoms with Gasteiger partial charge >= 0.3 is 0 Å². The Hall–Kier alpha value is -3.68. The molecule has 0 radical (unpaired) electrons. The molecular weight excluding hydrogens is 516 g/mol. The molecule has 3 heterocycles. The number of rotatable bonds is 7. The van der Waals surface area contributed by atoms with Crippen LogP contribution in [0.3, 0.4) is 0 Å². The van der Waals surface area contributed by atoms with Crippen LogP contribution < -0.4 is 10.6 Å². The minimum absolute atomic E-state index is 0.0729. The Balaban J connectivity index is 1.42. The van der Waals surface area contributed by atoms with Gasteiger partial charge in [0, 0.05) is 35.4 Å². The summed E-state index contributed by atoms with van der Waals surface area (Å²) in [4.78, 5) is 19.5. The maximum atomic E-state index is 12.9. The summed E-state index contributed by atoms with van der Waals surface area (Å²) in [7, 11) is 0. The number of benzene rings is 2. The summed E-state index contributed by atoms with van der Waals surface area (Å²) in [5.74, 6) is 1.39. The van der Waals surface area contributed by atoms with E-state index in [1.165, 1.54) is 0 Å². The Morgan fingerprint density at radius 3 is 2.68 bits per heavy atom. The van der Waals surface area contributed by atoms with Gasteiger partial charge < -0.3 is 20.0 Å². The van der Waals surface area contributed by atoms with Crippen LogP contribution in [0.2, 0.25) is 5.02 Å². The number of aryl methyl sites for hydroxylation is 3. The number of furan rings is 1. The molecule has 0 spiro atoms. The van der Waals surface area contributed by atoms with Crippen LogP contribution in [0.25, 0.3) is 11.3 Å². The predicted octanol–water partition coefficient (Wildman–Crippen LogP) is 6.92. The summed E-state index contributed by atoms with van der Waals surface area (Å²) in [5.41, 5.74) is 5.79. The van der Waals surface area contributed by atoms with Crippen LogP contribution >= 0.6 is 23.8 Å². The average molecular weight is 545 g/mol. The largest absolute Gasteiger partial charge is 0.459 e. The van der Waals surface area contributed by atoms with Gasteiger partial charge in [-0.1, -0.05) is 35.9 Å². The molecule has 0 aliphatic carbocycles. The third-order valence-corrected chi connectivity index (χ3v) is 7.42. The molecule has 1 saturated heterocycles. The smallest absolute Gasteiger partial charge is 0.226 e. The van der Waals surface area contributed by atoms with Crippen molar-refractivity contribution in [3.63, 3.8) is 0 Å². The highest BCUT2D eigenvalue weighted by Gasteiger charge is 2.41. The minimum atomic E-state index is -0.279. The SMILES string of the molecule is Cc1ccc(C)c(NC(=O)CCN2C(=S)N[C@@H](c3ccccn3)[C@@H]2c2ccc(-c3cc(Cl)ccc3C)o2)c1. The number of nitrogens with zero attached hydrogens (tertiary/aromatic N) is 2. The summed E-state index contributed by atoms with van der Waals surface area (Å²) in [6.07, 6.45) is 2.03. The number of amides is 1. The molecule has 1 aliphatic rings. The Morgan fingerprint density at radius 1 is 1.08 bits per heavy atom. The molecule has 2 aromatic carbocycles. The van der Waals surface area contributed by atoms with E-state index in [2.05, 4.69) is 15.6 Å². The lowest BCUT2D eigenvalue weighted by molar-refractivity contribution is -0.116. The van der Waals surface area contributed by atoms with Crippen LogP contribution in [0.15, 0.2) is 77.3 Å². The molecular formula is C30H29ClN4O2S. The fourth-order valence-corrected chi connectivity index (χ4v) is 5.28. The van der Waals surface area contributed by atoms with Crippen molar-refractivity contribution in [3.05, 3.63) is 106 Å². The molecule has 2 N–H and O–H groups in total. The molecule has 1 amide bonds. The lowest BCUT2D eigenvalue weighted by Gasteiger charge is -2.26. The Morgan fingerprint density at radius 2 is 1.89 bits per heavy atom.